The molecule has 0 aromatic heterocycles. The molecule has 104 valence electrons. The Labute approximate surface area is 117 Å². The van der Waals surface area contributed by atoms with E-state index in [1.54, 1.807) is 4.90 Å². The maximum atomic E-state index is 12.1. The van der Waals surface area contributed by atoms with E-state index in [-0.39, 0.29) is 28.7 Å². The van der Waals surface area contributed by atoms with Gasteiger partial charge in [-0.2, -0.15) is 0 Å². The molecule has 1 atom stereocenters. The smallest absolute Gasteiger partial charge is 0.410 e. The number of carbonyl (C=O) groups excluding carboxylic acids is 2. The second-order valence-corrected chi connectivity index (χ2v) is 5.96. The first-order valence-electron chi connectivity index (χ1n) is 6.46. The molecule has 0 radical (unpaired) electrons. The van der Waals surface area contributed by atoms with Crippen LogP contribution in [0.4, 0.5) is 4.79 Å². The van der Waals surface area contributed by atoms with Gasteiger partial charge in [0.2, 0.25) is 0 Å². The number of alkyl halides is 1. The topological polar surface area (TPSA) is 46.6 Å². The van der Waals surface area contributed by atoms with Gasteiger partial charge in [0.15, 0.2) is 5.78 Å². The second-order valence-electron chi connectivity index (χ2n) is 5.40. The van der Waals surface area contributed by atoms with Crippen LogP contribution in [0.15, 0.2) is 0 Å². The summed E-state index contributed by atoms with van der Waals surface area (Å²) in [4.78, 5) is 25.7. The molecule has 1 rings (SSSR count). The van der Waals surface area contributed by atoms with E-state index in [9.17, 15) is 9.59 Å². The number of amides is 1. The van der Waals surface area contributed by atoms with Gasteiger partial charge >= 0.3 is 6.09 Å². The van der Waals surface area contributed by atoms with Crippen molar-refractivity contribution in [1.82, 2.24) is 4.90 Å². The van der Waals surface area contributed by atoms with Crippen molar-refractivity contribution in [1.29, 1.82) is 0 Å². The summed E-state index contributed by atoms with van der Waals surface area (Å²) in [6.07, 6.45) is 2.30. The van der Waals surface area contributed by atoms with Gasteiger partial charge in [-0.15, -0.1) is 0 Å². The fourth-order valence-electron chi connectivity index (χ4n) is 2.54. The van der Waals surface area contributed by atoms with Crippen LogP contribution in [0.3, 0.4) is 0 Å². The van der Waals surface area contributed by atoms with Crippen molar-refractivity contribution < 1.29 is 14.3 Å². The number of ether oxygens (including phenoxy) is 1. The monoisotopic (exact) mass is 319 g/mol. The van der Waals surface area contributed by atoms with Crippen molar-refractivity contribution in [2.45, 2.75) is 46.1 Å². The lowest BCUT2D eigenvalue weighted by atomic mass is 9.75. The van der Waals surface area contributed by atoms with E-state index in [0.29, 0.717) is 13.2 Å². The number of Topliss-reactive ketones (excluding diaryl/α,β-unsaturated/α-hetero) is 1. The maximum Gasteiger partial charge on any atom is 0.410 e. The number of halogens is 1. The molecule has 1 aliphatic rings. The van der Waals surface area contributed by atoms with Crippen LogP contribution in [0.25, 0.3) is 0 Å². The summed E-state index contributed by atoms with van der Waals surface area (Å²) in [5.74, 6) is 0.0492. The van der Waals surface area contributed by atoms with Gasteiger partial charge in [0.1, 0.15) is 0 Å². The van der Waals surface area contributed by atoms with Gasteiger partial charge in [0.05, 0.1) is 18.0 Å². The van der Waals surface area contributed by atoms with E-state index in [4.69, 9.17) is 4.74 Å². The number of ketones is 1. The Balaban J connectivity index is 2.85. The normalized spacial score (nSPS) is 22.7. The minimum atomic E-state index is -0.380. The largest absolute Gasteiger partial charge is 0.449 e. The predicted octanol–water partition coefficient (Wildman–Crippen LogP) is 2.99. The predicted molar refractivity (Wildman–Crippen MR) is 73.9 cm³/mol. The zero-order chi connectivity index (χ0) is 13.8. The Bertz CT molecular complexity index is 317. The molecule has 1 heterocycles. The highest BCUT2D eigenvalue weighted by Gasteiger charge is 2.44. The number of hydrogen-bond acceptors (Lipinski definition) is 3. The Hall–Kier alpha value is -0.580. The molecule has 0 aromatic carbocycles. The second kappa shape index (κ2) is 6.55. The highest BCUT2D eigenvalue weighted by atomic mass is 79.9. The highest BCUT2D eigenvalue weighted by molar-refractivity contribution is 9.09. The lowest BCUT2D eigenvalue weighted by molar-refractivity contribution is -0.127. The highest BCUT2D eigenvalue weighted by Crippen LogP contribution is 2.36. The van der Waals surface area contributed by atoms with Gasteiger partial charge < -0.3 is 4.74 Å². The van der Waals surface area contributed by atoms with Crippen molar-refractivity contribution in [3.05, 3.63) is 0 Å². The van der Waals surface area contributed by atoms with Crippen LogP contribution >= 0.6 is 15.9 Å². The molecule has 1 saturated heterocycles. The molecule has 1 unspecified atom stereocenters. The Morgan fingerprint density at radius 1 is 1.44 bits per heavy atom. The van der Waals surface area contributed by atoms with Crippen molar-refractivity contribution in [3.63, 3.8) is 0 Å². The summed E-state index contributed by atoms with van der Waals surface area (Å²) >= 11 is 3.20. The molecule has 0 aromatic rings. The molecule has 1 amide bonds. The minimum Gasteiger partial charge on any atom is -0.449 e. The van der Waals surface area contributed by atoms with Crippen LogP contribution in [-0.4, -0.2) is 41.3 Å². The number of carbonyl (C=O) groups is 2. The third-order valence-corrected chi connectivity index (χ3v) is 3.93. The van der Waals surface area contributed by atoms with Gasteiger partial charge in [-0.3, -0.25) is 9.69 Å². The van der Waals surface area contributed by atoms with Gasteiger partial charge in [-0.25, -0.2) is 4.79 Å². The van der Waals surface area contributed by atoms with E-state index in [1.165, 1.54) is 0 Å². The van der Waals surface area contributed by atoms with Gasteiger partial charge in [0, 0.05) is 6.54 Å². The quantitative estimate of drug-likeness (QED) is 0.748. The molecule has 0 aliphatic carbocycles. The third-order valence-electron chi connectivity index (χ3n) is 3.37. The average molecular weight is 320 g/mol. The van der Waals surface area contributed by atoms with E-state index in [0.717, 1.165) is 19.3 Å². The number of hydrogen-bond donors (Lipinski definition) is 0. The molecule has 4 nitrogen and oxygen atoms in total. The lowest BCUT2D eigenvalue weighted by Crippen LogP contribution is -2.56. The number of rotatable bonds is 4. The SMILES string of the molecule is CCCOC(=O)N1CCCC(C)(C)C1C(=O)CBr. The average Bonchev–Trinajstić information content (AvgIpc) is 2.33. The van der Waals surface area contributed by atoms with Crippen LogP contribution < -0.4 is 0 Å². The maximum absolute atomic E-state index is 12.1. The Morgan fingerprint density at radius 2 is 2.11 bits per heavy atom. The number of piperidine rings is 1. The van der Waals surface area contributed by atoms with Crippen molar-refractivity contribution >= 4 is 27.8 Å². The summed E-state index contributed by atoms with van der Waals surface area (Å²) < 4.78 is 5.17. The molecule has 0 saturated carbocycles. The lowest BCUT2D eigenvalue weighted by Gasteiger charge is -2.44. The van der Waals surface area contributed by atoms with E-state index >= 15 is 0 Å². The van der Waals surface area contributed by atoms with E-state index in [1.807, 2.05) is 20.8 Å². The molecule has 0 bridgehead atoms. The fourth-order valence-corrected chi connectivity index (χ4v) is 2.85. The summed E-state index contributed by atoms with van der Waals surface area (Å²) in [6.45, 7) is 7.05. The molecular formula is C13H22BrNO3. The van der Waals surface area contributed by atoms with Crippen LogP contribution in [-0.2, 0) is 9.53 Å². The van der Waals surface area contributed by atoms with E-state index in [2.05, 4.69) is 15.9 Å². The zero-order valence-electron chi connectivity index (χ0n) is 11.4. The molecule has 18 heavy (non-hydrogen) atoms. The van der Waals surface area contributed by atoms with Gasteiger partial charge in [0.25, 0.3) is 0 Å². The molecule has 5 heteroatoms. The summed E-state index contributed by atoms with van der Waals surface area (Å²) in [5.41, 5.74) is -0.186. The Morgan fingerprint density at radius 3 is 2.67 bits per heavy atom. The molecule has 1 fully saturated rings. The third kappa shape index (κ3) is 3.46. The first-order chi connectivity index (χ1) is 8.44. The number of likely N-dealkylation sites (tertiary alicyclic amines) is 1. The van der Waals surface area contributed by atoms with Crippen LogP contribution in [0.5, 0.6) is 0 Å². The van der Waals surface area contributed by atoms with Crippen molar-refractivity contribution in [2.75, 3.05) is 18.5 Å². The standard InChI is InChI=1S/C13H22BrNO3/c1-4-8-18-12(17)15-7-5-6-13(2,3)11(15)10(16)9-14/h11H,4-9H2,1-3H3. The van der Waals surface area contributed by atoms with Crippen LogP contribution in [0.1, 0.15) is 40.0 Å². The minimum absolute atomic E-state index is 0.0492. The van der Waals surface area contributed by atoms with Gasteiger partial charge in [-0.05, 0) is 24.7 Å². The van der Waals surface area contributed by atoms with Crippen molar-refractivity contribution in [3.8, 4) is 0 Å². The fraction of sp³-hybridized carbons (Fsp3) is 0.846. The first kappa shape index (κ1) is 15.5. The van der Waals surface area contributed by atoms with Gasteiger partial charge in [-0.1, -0.05) is 36.7 Å². The Kier molecular flexibility index (Phi) is 5.63. The van der Waals surface area contributed by atoms with Crippen LogP contribution in [0, 0.1) is 5.41 Å². The molecule has 0 spiro atoms. The van der Waals surface area contributed by atoms with E-state index < -0.39 is 0 Å². The zero-order valence-corrected chi connectivity index (χ0v) is 13.0. The van der Waals surface area contributed by atoms with Crippen LogP contribution in [0.2, 0.25) is 0 Å². The summed E-state index contributed by atoms with van der Waals surface area (Å²) in [7, 11) is 0. The summed E-state index contributed by atoms with van der Waals surface area (Å²) in [5, 5.41) is 0.276. The molecule has 1 aliphatic heterocycles. The molecule has 0 N–H and O–H groups in total. The molecular weight excluding hydrogens is 298 g/mol. The van der Waals surface area contributed by atoms with Crippen molar-refractivity contribution in [2.24, 2.45) is 5.41 Å². The first-order valence-corrected chi connectivity index (χ1v) is 7.58. The number of nitrogens with zero attached hydrogens (tertiary/aromatic N) is 1. The summed E-state index contributed by atoms with van der Waals surface area (Å²) in [6, 6.07) is -0.380.